The van der Waals surface area contributed by atoms with Gasteiger partial charge in [0, 0.05) is 23.2 Å². The molecule has 2 rings (SSSR count). The van der Waals surface area contributed by atoms with Crippen LogP contribution < -0.4 is 19.9 Å². The largest absolute Gasteiger partial charge is 0.493 e. The number of nitrogens with one attached hydrogen (secondary N) is 1. The van der Waals surface area contributed by atoms with Gasteiger partial charge in [0.25, 0.3) is 0 Å². The fraction of sp³-hybridized carbons (Fsp3) is 0.333. The van der Waals surface area contributed by atoms with Crippen molar-refractivity contribution < 1.29 is 17.9 Å². The summed E-state index contributed by atoms with van der Waals surface area (Å²) in [6.45, 7) is 3.72. The number of hydrogen-bond donors (Lipinski definition) is 2. The monoisotopic (exact) mass is 398 g/mol. The molecule has 0 saturated heterocycles. The lowest BCUT2D eigenvalue weighted by Gasteiger charge is -2.15. The average Bonchev–Trinajstić information content (AvgIpc) is 2.60. The van der Waals surface area contributed by atoms with Gasteiger partial charge in [-0.2, -0.15) is 0 Å². The summed E-state index contributed by atoms with van der Waals surface area (Å²) in [5.41, 5.74) is 1.93. The standard InChI is InChI=1S/C18H23ClN2O4S/c1-3-25-18-14(10-15(19)11-17(18)24-2)12-21-9-8-13-4-6-16(7-5-13)26(20,22)23/h4-7,10-11,21H,3,8-9,12H2,1-2H3,(H2,20,22,23). The molecule has 0 fully saturated rings. The first-order valence-corrected chi connectivity index (χ1v) is 10.1. The molecule has 0 aliphatic rings. The van der Waals surface area contributed by atoms with Gasteiger partial charge in [-0.05, 0) is 43.7 Å². The third-order valence-electron chi connectivity index (χ3n) is 3.76. The van der Waals surface area contributed by atoms with E-state index in [0.29, 0.717) is 36.2 Å². The number of benzene rings is 2. The van der Waals surface area contributed by atoms with Gasteiger partial charge >= 0.3 is 0 Å². The van der Waals surface area contributed by atoms with Crippen LogP contribution in [-0.2, 0) is 23.0 Å². The normalized spacial score (nSPS) is 11.4. The number of primary sulfonamides is 1. The van der Waals surface area contributed by atoms with Gasteiger partial charge in [0.15, 0.2) is 11.5 Å². The molecule has 8 heteroatoms. The fourth-order valence-electron chi connectivity index (χ4n) is 2.52. The maximum Gasteiger partial charge on any atom is 0.238 e. The predicted molar refractivity (Wildman–Crippen MR) is 102 cm³/mol. The van der Waals surface area contributed by atoms with Crippen LogP contribution in [0.4, 0.5) is 0 Å². The topological polar surface area (TPSA) is 90.6 Å². The minimum absolute atomic E-state index is 0.113. The highest BCUT2D eigenvalue weighted by Gasteiger charge is 2.12. The Kier molecular flexibility index (Phi) is 7.28. The maximum absolute atomic E-state index is 11.3. The Labute approximate surface area is 159 Å². The summed E-state index contributed by atoms with van der Waals surface area (Å²) in [4.78, 5) is 0.113. The van der Waals surface area contributed by atoms with Crippen LogP contribution in [0, 0.1) is 0 Å². The Balaban J connectivity index is 1.96. The van der Waals surface area contributed by atoms with Crippen molar-refractivity contribution in [2.24, 2.45) is 5.14 Å². The molecule has 26 heavy (non-hydrogen) atoms. The summed E-state index contributed by atoms with van der Waals surface area (Å²) >= 11 is 6.14. The van der Waals surface area contributed by atoms with E-state index in [1.54, 1.807) is 25.3 Å². The van der Waals surface area contributed by atoms with Crippen LogP contribution in [0.25, 0.3) is 0 Å². The second-order valence-electron chi connectivity index (χ2n) is 5.65. The van der Waals surface area contributed by atoms with Gasteiger partial charge in [0.1, 0.15) is 0 Å². The van der Waals surface area contributed by atoms with Crippen LogP contribution in [0.3, 0.4) is 0 Å². The van der Waals surface area contributed by atoms with E-state index in [4.69, 9.17) is 26.2 Å². The molecular weight excluding hydrogens is 376 g/mol. The molecule has 0 aliphatic heterocycles. The van der Waals surface area contributed by atoms with E-state index in [2.05, 4.69) is 5.32 Å². The van der Waals surface area contributed by atoms with E-state index in [0.717, 1.165) is 17.5 Å². The van der Waals surface area contributed by atoms with Crippen molar-refractivity contribution in [2.45, 2.75) is 24.8 Å². The van der Waals surface area contributed by atoms with Gasteiger partial charge in [-0.15, -0.1) is 0 Å². The lowest BCUT2D eigenvalue weighted by Crippen LogP contribution is -2.18. The molecule has 2 aromatic carbocycles. The zero-order valence-electron chi connectivity index (χ0n) is 14.8. The lowest BCUT2D eigenvalue weighted by atomic mass is 10.1. The molecule has 0 heterocycles. The van der Waals surface area contributed by atoms with Crippen LogP contribution in [0.15, 0.2) is 41.3 Å². The second-order valence-corrected chi connectivity index (χ2v) is 7.64. The van der Waals surface area contributed by atoms with Crippen molar-refractivity contribution in [3.63, 3.8) is 0 Å². The highest BCUT2D eigenvalue weighted by molar-refractivity contribution is 7.89. The lowest BCUT2D eigenvalue weighted by molar-refractivity contribution is 0.307. The second kappa shape index (κ2) is 9.23. The summed E-state index contributed by atoms with van der Waals surface area (Å²) in [6, 6.07) is 10.1. The van der Waals surface area contributed by atoms with Gasteiger partial charge in [-0.3, -0.25) is 0 Å². The molecule has 0 aromatic heterocycles. The van der Waals surface area contributed by atoms with Gasteiger partial charge in [-0.25, -0.2) is 13.6 Å². The molecule has 0 saturated carbocycles. The van der Waals surface area contributed by atoms with Crippen molar-refractivity contribution in [1.29, 1.82) is 0 Å². The Hall–Kier alpha value is -1.80. The summed E-state index contributed by atoms with van der Waals surface area (Å²) in [5, 5.41) is 9.01. The number of halogens is 1. The molecule has 0 atom stereocenters. The van der Waals surface area contributed by atoms with Crippen molar-refractivity contribution in [1.82, 2.24) is 5.32 Å². The number of sulfonamides is 1. The Bertz CT molecular complexity index is 839. The minimum Gasteiger partial charge on any atom is -0.493 e. The third kappa shape index (κ3) is 5.60. The first kappa shape index (κ1) is 20.5. The molecule has 0 aliphatic carbocycles. The van der Waals surface area contributed by atoms with E-state index < -0.39 is 10.0 Å². The molecule has 2 aromatic rings. The predicted octanol–water partition coefficient (Wildman–Crippen LogP) is 2.73. The van der Waals surface area contributed by atoms with Gasteiger partial charge in [0.05, 0.1) is 18.6 Å². The summed E-state index contributed by atoms with van der Waals surface area (Å²) in [6.07, 6.45) is 0.743. The fourth-order valence-corrected chi connectivity index (χ4v) is 3.26. The number of rotatable bonds is 9. The van der Waals surface area contributed by atoms with E-state index in [1.807, 2.05) is 13.0 Å². The van der Waals surface area contributed by atoms with Crippen molar-refractivity contribution in [2.75, 3.05) is 20.3 Å². The maximum atomic E-state index is 11.3. The zero-order valence-corrected chi connectivity index (χ0v) is 16.4. The van der Waals surface area contributed by atoms with Crippen LogP contribution >= 0.6 is 11.6 Å². The van der Waals surface area contributed by atoms with Crippen molar-refractivity contribution in [3.05, 3.63) is 52.5 Å². The molecule has 3 N–H and O–H groups in total. The molecule has 0 spiro atoms. The van der Waals surface area contributed by atoms with E-state index >= 15 is 0 Å². The third-order valence-corrected chi connectivity index (χ3v) is 4.91. The first-order chi connectivity index (χ1) is 12.3. The SMILES string of the molecule is CCOc1c(CNCCc2ccc(S(N)(=O)=O)cc2)cc(Cl)cc1OC. The summed E-state index contributed by atoms with van der Waals surface area (Å²) in [5.74, 6) is 1.29. The van der Waals surface area contributed by atoms with E-state index in [-0.39, 0.29) is 4.90 Å². The average molecular weight is 399 g/mol. The molecule has 6 nitrogen and oxygen atoms in total. The number of nitrogens with two attached hydrogens (primary N) is 1. The molecule has 0 amide bonds. The molecule has 0 bridgehead atoms. The Morgan fingerprint density at radius 3 is 2.46 bits per heavy atom. The highest BCUT2D eigenvalue weighted by Crippen LogP contribution is 2.34. The Morgan fingerprint density at radius 2 is 1.88 bits per heavy atom. The highest BCUT2D eigenvalue weighted by atomic mass is 35.5. The van der Waals surface area contributed by atoms with Gasteiger partial charge < -0.3 is 14.8 Å². The first-order valence-electron chi connectivity index (χ1n) is 8.16. The summed E-state index contributed by atoms with van der Waals surface area (Å²) in [7, 11) is -2.08. The van der Waals surface area contributed by atoms with Crippen molar-refractivity contribution in [3.8, 4) is 11.5 Å². The molecule has 0 unspecified atom stereocenters. The van der Waals surface area contributed by atoms with Gasteiger partial charge in [-0.1, -0.05) is 23.7 Å². The molecular formula is C18H23ClN2O4S. The zero-order chi connectivity index (χ0) is 19.2. The quantitative estimate of drug-likeness (QED) is 0.634. The smallest absolute Gasteiger partial charge is 0.238 e. The number of methoxy groups -OCH3 is 1. The van der Waals surface area contributed by atoms with Crippen LogP contribution in [0.2, 0.25) is 5.02 Å². The molecule has 142 valence electrons. The number of hydrogen-bond acceptors (Lipinski definition) is 5. The van der Waals surface area contributed by atoms with Crippen LogP contribution in [-0.4, -0.2) is 28.7 Å². The number of ether oxygens (including phenoxy) is 2. The van der Waals surface area contributed by atoms with E-state index in [9.17, 15) is 8.42 Å². The summed E-state index contributed by atoms with van der Waals surface area (Å²) < 4.78 is 33.5. The molecule has 0 radical (unpaired) electrons. The Morgan fingerprint density at radius 1 is 1.19 bits per heavy atom. The van der Waals surface area contributed by atoms with Crippen molar-refractivity contribution >= 4 is 21.6 Å². The van der Waals surface area contributed by atoms with E-state index in [1.165, 1.54) is 12.1 Å². The van der Waals surface area contributed by atoms with Crippen LogP contribution in [0.5, 0.6) is 11.5 Å². The van der Waals surface area contributed by atoms with Crippen LogP contribution in [0.1, 0.15) is 18.1 Å². The van der Waals surface area contributed by atoms with Gasteiger partial charge in [0.2, 0.25) is 10.0 Å². The minimum atomic E-state index is -3.66.